The van der Waals surface area contributed by atoms with Crippen LogP contribution in [-0.4, -0.2) is 11.7 Å². The summed E-state index contributed by atoms with van der Waals surface area (Å²) in [6, 6.07) is 5.82. The van der Waals surface area contributed by atoms with E-state index in [2.05, 4.69) is 21.2 Å². The molecule has 0 radical (unpaired) electrons. The normalized spacial score (nSPS) is 22.1. The summed E-state index contributed by atoms with van der Waals surface area (Å²) in [6.45, 7) is 1.08. The first-order chi connectivity index (χ1) is 6.27. The molecule has 1 aliphatic rings. The van der Waals surface area contributed by atoms with Crippen LogP contribution in [0.2, 0.25) is 0 Å². The van der Waals surface area contributed by atoms with Crippen LogP contribution in [0.5, 0.6) is 5.75 Å². The van der Waals surface area contributed by atoms with E-state index in [0.717, 1.165) is 23.0 Å². The van der Waals surface area contributed by atoms with Crippen molar-refractivity contribution in [1.82, 2.24) is 5.32 Å². The van der Waals surface area contributed by atoms with Gasteiger partial charge in [0.05, 0.1) is 0 Å². The zero-order valence-electron chi connectivity index (χ0n) is 7.26. The van der Waals surface area contributed by atoms with Crippen molar-refractivity contribution < 1.29 is 5.11 Å². The molecule has 0 unspecified atom stereocenters. The van der Waals surface area contributed by atoms with Gasteiger partial charge in [0.1, 0.15) is 5.75 Å². The summed E-state index contributed by atoms with van der Waals surface area (Å²) in [5.41, 5.74) is 1.16. The number of rotatable bonds is 1. The van der Waals surface area contributed by atoms with Crippen molar-refractivity contribution in [2.45, 2.75) is 18.9 Å². The van der Waals surface area contributed by atoms with Gasteiger partial charge in [-0.15, -0.1) is 0 Å². The molecular formula is C10H12BrNO. The van der Waals surface area contributed by atoms with Crippen LogP contribution in [0.25, 0.3) is 0 Å². The van der Waals surface area contributed by atoms with Gasteiger partial charge in [-0.3, -0.25) is 0 Å². The minimum absolute atomic E-state index is 0.340. The highest BCUT2D eigenvalue weighted by molar-refractivity contribution is 9.10. The molecule has 2 nitrogen and oxygen atoms in total. The lowest BCUT2D eigenvalue weighted by molar-refractivity contribution is 0.472. The highest BCUT2D eigenvalue weighted by atomic mass is 79.9. The number of halogens is 1. The standard InChI is InChI=1S/C10H12BrNO/c11-9-4-3-7(13)6-8(9)10-2-1-5-12-10/h3-4,6,10,12-13H,1-2,5H2/t10-/m0/s1. The first-order valence-electron chi connectivity index (χ1n) is 4.49. The second-order valence-electron chi connectivity index (χ2n) is 3.35. The third-order valence-electron chi connectivity index (χ3n) is 2.42. The Bertz CT molecular complexity index is 308. The van der Waals surface area contributed by atoms with E-state index in [4.69, 9.17) is 0 Å². The van der Waals surface area contributed by atoms with Crippen LogP contribution in [0.3, 0.4) is 0 Å². The zero-order chi connectivity index (χ0) is 9.26. The molecule has 2 N–H and O–H groups in total. The monoisotopic (exact) mass is 241 g/mol. The number of hydrogen-bond acceptors (Lipinski definition) is 2. The van der Waals surface area contributed by atoms with Crippen molar-refractivity contribution >= 4 is 15.9 Å². The maximum atomic E-state index is 9.35. The molecule has 0 amide bonds. The number of aromatic hydroxyl groups is 1. The van der Waals surface area contributed by atoms with Gasteiger partial charge in [-0.25, -0.2) is 0 Å². The maximum Gasteiger partial charge on any atom is 0.115 e. The Morgan fingerprint density at radius 2 is 2.31 bits per heavy atom. The van der Waals surface area contributed by atoms with Gasteiger partial charge in [-0.1, -0.05) is 15.9 Å². The van der Waals surface area contributed by atoms with Gasteiger partial charge in [0.25, 0.3) is 0 Å². The van der Waals surface area contributed by atoms with E-state index in [9.17, 15) is 5.11 Å². The average Bonchev–Trinajstić information content (AvgIpc) is 2.61. The van der Waals surface area contributed by atoms with E-state index in [1.165, 1.54) is 6.42 Å². The molecule has 1 fully saturated rings. The van der Waals surface area contributed by atoms with Crippen molar-refractivity contribution in [2.24, 2.45) is 0 Å². The molecule has 0 aromatic heterocycles. The van der Waals surface area contributed by atoms with E-state index in [1.807, 2.05) is 12.1 Å². The van der Waals surface area contributed by atoms with Gasteiger partial charge < -0.3 is 10.4 Å². The summed E-state index contributed by atoms with van der Waals surface area (Å²) >= 11 is 3.49. The second kappa shape index (κ2) is 3.68. The van der Waals surface area contributed by atoms with Crippen molar-refractivity contribution in [3.05, 3.63) is 28.2 Å². The van der Waals surface area contributed by atoms with E-state index in [0.29, 0.717) is 11.8 Å². The molecule has 0 aliphatic carbocycles. The average molecular weight is 242 g/mol. The van der Waals surface area contributed by atoms with Gasteiger partial charge in [0.15, 0.2) is 0 Å². The van der Waals surface area contributed by atoms with Gasteiger partial charge in [-0.05, 0) is 43.1 Å². The van der Waals surface area contributed by atoms with Crippen LogP contribution < -0.4 is 5.32 Å². The maximum absolute atomic E-state index is 9.35. The minimum atomic E-state index is 0.340. The molecular weight excluding hydrogens is 230 g/mol. The van der Waals surface area contributed by atoms with Crippen molar-refractivity contribution in [3.63, 3.8) is 0 Å². The number of benzene rings is 1. The Morgan fingerprint density at radius 3 is 3.00 bits per heavy atom. The molecule has 1 aromatic rings. The van der Waals surface area contributed by atoms with Crippen LogP contribution in [0.4, 0.5) is 0 Å². The Hall–Kier alpha value is -0.540. The zero-order valence-corrected chi connectivity index (χ0v) is 8.84. The lowest BCUT2D eigenvalue weighted by Gasteiger charge is -2.12. The molecule has 13 heavy (non-hydrogen) atoms. The molecule has 2 rings (SSSR count). The Labute approximate surface area is 86.1 Å². The Kier molecular flexibility index (Phi) is 2.56. The predicted octanol–water partition coefficient (Wildman–Crippen LogP) is 2.58. The lowest BCUT2D eigenvalue weighted by atomic mass is 10.1. The summed E-state index contributed by atoms with van der Waals surface area (Å²) in [5, 5.41) is 12.7. The van der Waals surface area contributed by atoms with Gasteiger partial charge in [0.2, 0.25) is 0 Å². The molecule has 70 valence electrons. The van der Waals surface area contributed by atoms with E-state index in [-0.39, 0.29) is 0 Å². The van der Waals surface area contributed by atoms with E-state index >= 15 is 0 Å². The van der Waals surface area contributed by atoms with Gasteiger partial charge >= 0.3 is 0 Å². The highest BCUT2D eigenvalue weighted by Gasteiger charge is 2.18. The molecule has 0 bridgehead atoms. The van der Waals surface area contributed by atoms with Crippen molar-refractivity contribution in [2.75, 3.05) is 6.54 Å². The summed E-state index contributed by atoms with van der Waals surface area (Å²) in [4.78, 5) is 0. The first kappa shape index (κ1) is 9.03. The summed E-state index contributed by atoms with van der Waals surface area (Å²) in [5.74, 6) is 0.340. The largest absolute Gasteiger partial charge is 0.508 e. The third kappa shape index (κ3) is 1.86. The van der Waals surface area contributed by atoms with Gasteiger partial charge in [-0.2, -0.15) is 0 Å². The van der Waals surface area contributed by atoms with Crippen LogP contribution in [0.1, 0.15) is 24.4 Å². The summed E-state index contributed by atoms with van der Waals surface area (Å²) in [6.07, 6.45) is 2.37. The molecule has 1 aliphatic heterocycles. The van der Waals surface area contributed by atoms with Crippen LogP contribution >= 0.6 is 15.9 Å². The quantitative estimate of drug-likeness (QED) is 0.793. The first-order valence-corrected chi connectivity index (χ1v) is 5.28. The number of phenols is 1. The lowest BCUT2D eigenvalue weighted by Crippen LogP contribution is -2.13. The fraction of sp³-hybridized carbons (Fsp3) is 0.400. The van der Waals surface area contributed by atoms with Crippen molar-refractivity contribution in [1.29, 1.82) is 0 Å². The molecule has 1 saturated heterocycles. The van der Waals surface area contributed by atoms with Crippen LogP contribution in [0, 0.1) is 0 Å². The number of nitrogens with one attached hydrogen (secondary N) is 1. The Balaban J connectivity index is 2.32. The molecule has 0 saturated carbocycles. The third-order valence-corrected chi connectivity index (χ3v) is 3.14. The van der Waals surface area contributed by atoms with E-state index in [1.54, 1.807) is 6.07 Å². The number of phenolic OH excluding ortho intramolecular Hbond substituents is 1. The molecule has 1 aromatic carbocycles. The second-order valence-corrected chi connectivity index (χ2v) is 4.21. The van der Waals surface area contributed by atoms with Crippen molar-refractivity contribution in [3.8, 4) is 5.75 Å². The molecule has 0 spiro atoms. The predicted molar refractivity (Wildman–Crippen MR) is 55.8 cm³/mol. The fourth-order valence-electron chi connectivity index (χ4n) is 1.75. The van der Waals surface area contributed by atoms with Gasteiger partial charge in [0, 0.05) is 10.5 Å². The van der Waals surface area contributed by atoms with E-state index < -0.39 is 0 Å². The molecule has 1 heterocycles. The smallest absolute Gasteiger partial charge is 0.115 e. The molecule has 3 heteroatoms. The topological polar surface area (TPSA) is 32.3 Å². The highest BCUT2D eigenvalue weighted by Crippen LogP contribution is 2.31. The minimum Gasteiger partial charge on any atom is -0.508 e. The molecule has 1 atom stereocenters. The number of hydrogen-bond donors (Lipinski definition) is 2. The fourth-order valence-corrected chi connectivity index (χ4v) is 2.27. The summed E-state index contributed by atoms with van der Waals surface area (Å²) in [7, 11) is 0. The van der Waals surface area contributed by atoms with Crippen LogP contribution in [-0.2, 0) is 0 Å². The Morgan fingerprint density at radius 1 is 1.46 bits per heavy atom. The van der Waals surface area contributed by atoms with Crippen LogP contribution in [0.15, 0.2) is 22.7 Å². The SMILES string of the molecule is Oc1ccc(Br)c([C@@H]2CCCN2)c1. The summed E-state index contributed by atoms with van der Waals surface area (Å²) < 4.78 is 1.07.